The van der Waals surface area contributed by atoms with Gasteiger partial charge in [-0.25, -0.2) is 0 Å². The van der Waals surface area contributed by atoms with E-state index in [4.69, 9.17) is 10.5 Å². The molecule has 5 nitrogen and oxygen atoms in total. The molecule has 0 spiro atoms. The van der Waals surface area contributed by atoms with Crippen LogP contribution in [0.2, 0.25) is 0 Å². The monoisotopic (exact) mass is 290 g/mol. The molecule has 2 rings (SSSR count). The predicted octanol–water partition coefficient (Wildman–Crippen LogP) is 1.47. The average Bonchev–Trinajstić information content (AvgIpc) is 2.53. The zero-order valence-electron chi connectivity index (χ0n) is 12.5. The van der Waals surface area contributed by atoms with Crippen molar-refractivity contribution in [3.8, 4) is 0 Å². The summed E-state index contributed by atoms with van der Waals surface area (Å²) in [5.41, 5.74) is 7.00. The Labute approximate surface area is 125 Å². The van der Waals surface area contributed by atoms with Crippen LogP contribution in [-0.4, -0.2) is 48.9 Å². The van der Waals surface area contributed by atoms with Crippen molar-refractivity contribution in [3.05, 3.63) is 35.4 Å². The fourth-order valence-electron chi connectivity index (χ4n) is 2.73. The molecule has 1 heterocycles. The van der Waals surface area contributed by atoms with E-state index in [-0.39, 0.29) is 23.8 Å². The number of methoxy groups -OCH3 is 1. The van der Waals surface area contributed by atoms with Gasteiger partial charge in [-0.05, 0) is 31.9 Å². The van der Waals surface area contributed by atoms with E-state index in [1.54, 1.807) is 31.4 Å². The van der Waals surface area contributed by atoms with Crippen molar-refractivity contribution in [3.63, 3.8) is 0 Å². The average molecular weight is 290 g/mol. The van der Waals surface area contributed by atoms with Crippen molar-refractivity contribution in [1.82, 2.24) is 4.90 Å². The SMILES string of the molecule is COC1CCN(C(=O)c2ccc(C(C)=O)cc2)C(CN)C1. The second kappa shape index (κ2) is 6.83. The maximum absolute atomic E-state index is 12.6. The highest BCUT2D eigenvalue weighted by molar-refractivity contribution is 5.97. The molecule has 1 aromatic carbocycles. The Hall–Kier alpha value is -1.72. The molecule has 1 saturated heterocycles. The maximum atomic E-state index is 12.6. The molecule has 2 unspecified atom stereocenters. The molecule has 2 atom stereocenters. The third kappa shape index (κ3) is 3.49. The Bertz CT molecular complexity index is 513. The van der Waals surface area contributed by atoms with Gasteiger partial charge in [-0.1, -0.05) is 12.1 Å². The molecule has 0 radical (unpaired) electrons. The number of benzene rings is 1. The van der Waals surface area contributed by atoms with Gasteiger partial charge < -0.3 is 15.4 Å². The van der Waals surface area contributed by atoms with Gasteiger partial charge >= 0.3 is 0 Å². The summed E-state index contributed by atoms with van der Waals surface area (Å²) < 4.78 is 5.37. The van der Waals surface area contributed by atoms with E-state index in [2.05, 4.69) is 0 Å². The zero-order chi connectivity index (χ0) is 15.4. The molecule has 0 aliphatic carbocycles. The maximum Gasteiger partial charge on any atom is 0.254 e. The van der Waals surface area contributed by atoms with Crippen molar-refractivity contribution >= 4 is 11.7 Å². The normalized spacial score (nSPS) is 22.1. The predicted molar refractivity (Wildman–Crippen MR) is 80.4 cm³/mol. The minimum absolute atomic E-state index is 0.00341. The lowest BCUT2D eigenvalue weighted by Crippen LogP contribution is -2.51. The van der Waals surface area contributed by atoms with Gasteiger partial charge in [0.2, 0.25) is 0 Å². The lowest BCUT2D eigenvalue weighted by Gasteiger charge is -2.38. The molecular formula is C16H22N2O3. The van der Waals surface area contributed by atoms with E-state index >= 15 is 0 Å². The van der Waals surface area contributed by atoms with Crippen molar-refractivity contribution < 1.29 is 14.3 Å². The van der Waals surface area contributed by atoms with Crippen molar-refractivity contribution in [2.24, 2.45) is 5.73 Å². The molecule has 1 aliphatic heterocycles. The third-order valence-corrected chi connectivity index (χ3v) is 4.07. The van der Waals surface area contributed by atoms with Gasteiger partial charge in [0, 0.05) is 37.4 Å². The second-order valence-corrected chi connectivity index (χ2v) is 5.40. The molecule has 1 aliphatic rings. The van der Waals surface area contributed by atoms with Crippen LogP contribution >= 0.6 is 0 Å². The van der Waals surface area contributed by atoms with E-state index < -0.39 is 0 Å². The fraction of sp³-hybridized carbons (Fsp3) is 0.500. The summed E-state index contributed by atoms with van der Waals surface area (Å²) in [5.74, 6) is -0.0372. The minimum atomic E-state index is -0.0323. The molecule has 1 fully saturated rings. The van der Waals surface area contributed by atoms with Gasteiger partial charge in [0.15, 0.2) is 5.78 Å². The number of amides is 1. The van der Waals surface area contributed by atoms with Crippen LogP contribution in [0.4, 0.5) is 0 Å². The molecule has 5 heteroatoms. The Kier molecular flexibility index (Phi) is 5.09. The lowest BCUT2D eigenvalue weighted by molar-refractivity contribution is 0.0139. The first-order valence-corrected chi connectivity index (χ1v) is 7.21. The summed E-state index contributed by atoms with van der Waals surface area (Å²) in [6, 6.07) is 6.79. The Morgan fingerprint density at radius 3 is 2.43 bits per heavy atom. The molecule has 0 saturated carbocycles. The topological polar surface area (TPSA) is 72.6 Å². The summed E-state index contributed by atoms with van der Waals surface area (Å²) in [6.45, 7) is 2.58. The van der Waals surface area contributed by atoms with Crippen LogP contribution in [0.25, 0.3) is 0 Å². The summed E-state index contributed by atoms with van der Waals surface area (Å²) in [7, 11) is 1.69. The van der Waals surface area contributed by atoms with E-state index in [0.717, 1.165) is 12.8 Å². The number of ketones is 1. The highest BCUT2D eigenvalue weighted by Crippen LogP contribution is 2.21. The molecule has 114 valence electrons. The smallest absolute Gasteiger partial charge is 0.254 e. The number of rotatable bonds is 4. The van der Waals surface area contributed by atoms with Crippen LogP contribution in [0.15, 0.2) is 24.3 Å². The molecule has 1 amide bonds. The Balaban J connectivity index is 2.13. The number of carbonyl (C=O) groups excluding carboxylic acids is 2. The van der Waals surface area contributed by atoms with Crippen LogP contribution in [0.5, 0.6) is 0 Å². The molecule has 2 N–H and O–H groups in total. The summed E-state index contributed by atoms with van der Waals surface area (Å²) >= 11 is 0. The van der Waals surface area contributed by atoms with E-state index in [1.165, 1.54) is 6.92 Å². The van der Waals surface area contributed by atoms with Crippen molar-refractivity contribution in [2.75, 3.05) is 20.2 Å². The summed E-state index contributed by atoms with van der Waals surface area (Å²) in [5, 5.41) is 0. The molecule has 1 aromatic rings. The van der Waals surface area contributed by atoms with Gasteiger partial charge in [-0.2, -0.15) is 0 Å². The molecule has 0 bridgehead atoms. The standard InChI is InChI=1S/C16H22N2O3/c1-11(19)12-3-5-13(6-4-12)16(20)18-8-7-15(21-2)9-14(18)10-17/h3-6,14-15H,7-10,17H2,1-2H3. The number of ether oxygens (including phenoxy) is 1. The quantitative estimate of drug-likeness (QED) is 0.852. The molecule has 21 heavy (non-hydrogen) atoms. The van der Waals surface area contributed by atoms with Crippen molar-refractivity contribution in [2.45, 2.75) is 31.9 Å². The molecule has 0 aromatic heterocycles. The van der Waals surface area contributed by atoms with Crippen molar-refractivity contribution in [1.29, 1.82) is 0 Å². The van der Waals surface area contributed by atoms with E-state index in [9.17, 15) is 9.59 Å². The number of nitrogens with zero attached hydrogens (tertiary/aromatic N) is 1. The number of likely N-dealkylation sites (tertiary alicyclic amines) is 1. The lowest BCUT2D eigenvalue weighted by atomic mass is 9.98. The number of carbonyl (C=O) groups is 2. The van der Waals surface area contributed by atoms with Gasteiger partial charge in [0.1, 0.15) is 0 Å². The van der Waals surface area contributed by atoms with Crippen LogP contribution in [0.3, 0.4) is 0 Å². The van der Waals surface area contributed by atoms with Gasteiger partial charge in [0.25, 0.3) is 5.91 Å². The Morgan fingerprint density at radius 1 is 1.29 bits per heavy atom. The van der Waals surface area contributed by atoms with E-state index in [0.29, 0.717) is 24.2 Å². The van der Waals surface area contributed by atoms with Crippen LogP contribution in [0.1, 0.15) is 40.5 Å². The number of nitrogens with two attached hydrogens (primary N) is 1. The minimum Gasteiger partial charge on any atom is -0.381 e. The second-order valence-electron chi connectivity index (χ2n) is 5.40. The van der Waals surface area contributed by atoms with Gasteiger partial charge in [-0.3, -0.25) is 9.59 Å². The third-order valence-electron chi connectivity index (χ3n) is 4.07. The van der Waals surface area contributed by atoms with Gasteiger partial charge in [0.05, 0.1) is 6.10 Å². The zero-order valence-corrected chi connectivity index (χ0v) is 12.5. The summed E-state index contributed by atoms with van der Waals surface area (Å²) in [4.78, 5) is 25.7. The first kappa shape index (κ1) is 15.7. The van der Waals surface area contributed by atoms with Gasteiger partial charge in [-0.15, -0.1) is 0 Å². The largest absolute Gasteiger partial charge is 0.381 e. The first-order chi connectivity index (χ1) is 10.1. The highest BCUT2D eigenvalue weighted by atomic mass is 16.5. The Morgan fingerprint density at radius 2 is 1.90 bits per heavy atom. The van der Waals surface area contributed by atoms with Crippen LogP contribution < -0.4 is 5.73 Å². The molecular weight excluding hydrogens is 268 g/mol. The highest BCUT2D eigenvalue weighted by Gasteiger charge is 2.31. The number of piperidine rings is 1. The van der Waals surface area contributed by atoms with Crippen LogP contribution in [0, 0.1) is 0 Å². The summed E-state index contributed by atoms with van der Waals surface area (Å²) in [6.07, 6.45) is 1.76. The fourth-order valence-corrected chi connectivity index (χ4v) is 2.73. The van der Waals surface area contributed by atoms with E-state index in [1.807, 2.05) is 4.90 Å². The number of hydrogen-bond acceptors (Lipinski definition) is 4. The first-order valence-electron chi connectivity index (χ1n) is 7.21. The number of hydrogen-bond donors (Lipinski definition) is 1. The number of Topliss-reactive ketones (excluding diaryl/α,β-unsaturated/α-hetero) is 1. The van der Waals surface area contributed by atoms with Crippen LogP contribution in [-0.2, 0) is 4.74 Å².